The van der Waals surface area contributed by atoms with E-state index in [9.17, 15) is 4.79 Å². The van der Waals surface area contributed by atoms with Crippen molar-refractivity contribution >= 4 is 21.8 Å². The summed E-state index contributed by atoms with van der Waals surface area (Å²) in [6.07, 6.45) is 0. The Balaban J connectivity index is 1.95. The van der Waals surface area contributed by atoms with Gasteiger partial charge in [0.15, 0.2) is 0 Å². The van der Waals surface area contributed by atoms with Gasteiger partial charge < -0.3 is 10.6 Å². The summed E-state index contributed by atoms with van der Waals surface area (Å²) in [7, 11) is 1.84. The summed E-state index contributed by atoms with van der Waals surface area (Å²) in [6, 6.07) is 18.1. The summed E-state index contributed by atoms with van der Waals surface area (Å²) in [5.74, 6) is 0.0927. The first kappa shape index (κ1) is 18.6. The zero-order chi connectivity index (χ0) is 17.4. The van der Waals surface area contributed by atoms with Crippen molar-refractivity contribution in [3.63, 3.8) is 0 Å². The Hall–Kier alpha value is -1.69. The van der Waals surface area contributed by atoms with Crippen molar-refractivity contribution in [3.05, 3.63) is 70.2 Å². The summed E-state index contributed by atoms with van der Waals surface area (Å²) in [5, 5.41) is 0. The Morgan fingerprint density at radius 3 is 2.38 bits per heavy atom. The first-order valence-electron chi connectivity index (χ1n) is 8.04. The van der Waals surface area contributed by atoms with Crippen LogP contribution in [-0.2, 0) is 17.9 Å². The maximum Gasteiger partial charge on any atom is 0.236 e. The van der Waals surface area contributed by atoms with Gasteiger partial charge in [0.1, 0.15) is 0 Å². The van der Waals surface area contributed by atoms with Crippen molar-refractivity contribution in [1.29, 1.82) is 0 Å². The highest BCUT2D eigenvalue weighted by Gasteiger charge is 2.15. The predicted octanol–water partition coefficient (Wildman–Crippen LogP) is 2.87. The summed E-state index contributed by atoms with van der Waals surface area (Å²) in [5.41, 5.74) is 7.99. The third-order valence-electron chi connectivity index (χ3n) is 3.84. The summed E-state index contributed by atoms with van der Waals surface area (Å²) < 4.78 is 1.02. The summed E-state index contributed by atoms with van der Waals surface area (Å²) >= 11 is 3.53. The molecule has 0 saturated heterocycles. The van der Waals surface area contributed by atoms with Crippen molar-refractivity contribution in [3.8, 4) is 0 Å². The molecule has 1 amide bonds. The fourth-order valence-electron chi connectivity index (χ4n) is 2.52. The largest absolute Gasteiger partial charge is 0.340 e. The van der Waals surface area contributed by atoms with E-state index in [1.165, 1.54) is 5.56 Å². The van der Waals surface area contributed by atoms with Crippen LogP contribution in [0.15, 0.2) is 59.1 Å². The lowest BCUT2D eigenvalue weighted by Gasteiger charge is -2.25. The molecular weight excluding hydrogens is 366 g/mol. The van der Waals surface area contributed by atoms with Crippen LogP contribution in [0.1, 0.15) is 11.1 Å². The molecule has 2 aromatic rings. The quantitative estimate of drug-likeness (QED) is 0.754. The molecule has 0 aliphatic rings. The van der Waals surface area contributed by atoms with E-state index in [2.05, 4.69) is 33.0 Å². The molecule has 0 aliphatic carbocycles. The molecule has 24 heavy (non-hydrogen) atoms. The average Bonchev–Trinajstić information content (AvgIpc) is 2.58. The van der Waals surface area contributed by atoms with Crippen LogP contribution in [0.4, 0.5) is 0 Å². The maximum atomic E-state index is 12.6. The minimum absolute atomic E-state index is 0.0927. The lowest BCUT2D eigenvalue weighted by Crippen LogP contribution is -2.39. The van der Waals surface area contributed by atoms with Gasteiger partial charge in [0.05, 0.1) is 6.54 Å². The number of hydrogen-bond acceptors (Lipinski definition) is 3. The summed E-state index contributed by atoms with van der Waals surface area (Å²) in [4.78, 5) is 16.4. The van der Waals surface area contributed by atoms with E-state index in [4.69, 9.17) is 5.73 Å². The molecule has 128 valence electrons. The van der Waals surface area contributed by atoms with Gasteiger partial charge in [0.25, 0.3) is 0 Å². The molecule has 0 atom stereocenters. The lowest BCUT2D eigenvalue weighted by atomic mass is 10.2. The maximum absolute atomic E-state index is 12.6. The molecule has 0 aromatic heterocycles. The predicted molar refractivity (Wildman–Crippen MR) is 101 cm³/mol. The van der Waals surface area contributed by atoms with Crippen LogP contribution in [0.5, 0.6) is 0 Å². The van der Waals surface area contributed by atoms with Crippen molar-refractivity contribution < 1.29 is 4.79 Å². The number of amides is 1. The topological polar surface area (TPSA) is 49.6 Å². The van der Waals surface area contributed by atoms with Crippen LogP contribution in [0.2, 0.25) is 0 Å². The van der Waals surface area contributed by atoms with Gasteiger partial charge in [-0.2, -0.15) is 0 Å². The van der Waals surface area contributed by atoms with Gasteiger partial charge in [0.2, 0.25) is 5.91 Å². The molecule has 2 rings (SSSR count). The third kappa shape index (κ3) is 5.74. The van der Waals surface area contributed by atoms with E-state index < -0.39 is 0 Å². The molecule has 2 N–H and O–H groups in total. The van der Waals surface area contributed by atoms with Crippen LogP contribution in [0.3, 0.4) is 0 Å². The summed E-state index contributed by atoms with van der Waals surface area (Å²) in [6.45, 7) is 2.92. The monoisotopic (exact) mass is 389 g/mol. The fraction of sp³-hybridized carbons (Fsp3) is 0.316. The third-order valence-corrected chi connectivity index (χ3v) is 4.62. The molecule has 0 spiro atoms. The van der Waals surface area contributed by atoms with Crippen LogP contribution < -0.4 is 5.73 Å². The van der Waals surface area contributed by atoms with Gasteiger partial charge in [-0.3, -0.25) is 9.69 Å². The Morgan fingerprint density at radius 1 is 1.04 bits per heavy atom. The number of benzene rings is 2. The van der Waals surface area contributed by atoms with E-state index in [1.807, 2.05) is 49.5 Å². The van der Waals surface area contributed by atoms with Gasteiger partial charge in [0, 0.05) is 37.7 Å². The molecule has 0 unspecified atom stereocenters. The molecule has 2 aromatic carbocycles. The van der Waals surface area contributed by atoms with Crippen LogP contribution in [0, 0.1) is 0 Å². The van der Waals surface area contributed by atoms with E-state index in [-0.39, 0.29) is 5.91 Å². The van der Waals surface area contributed by atoms with Crippen LogP contribution >= 0.6 is 15.9 Å². The zero-order valence-corrected chi connectivity index (χ0v) is 15.6. The Kier molecular flexibility index (Phi) is 7.43. The Morgan fingerprint density at radius 2 is 1.71 bits per heavy atom. The van der Waals surface area contributed by atoms with Crippen molar-refractivity contribution in [2.75, 3.05) is 26.7 Å². The van der Waals surface area contributed by atoms with Crippen molar-refractivity contribution in [2.45, 2.75) is 13.1 Å². The zero-order valence-electron chi connectivity index (χ0n) is 14.0. The van der Waals surface area contributed by atoms with Gasteiger partial charge in [-0.15, -0.1) is 0 Å². The first-order valence-corrected chi connectivity index (χ1v) is 8.83. The number of hydrogen-bond donors (Lipinski definition) is 1. The van der Waals surface area contributed by atoms with Crippen molar-refractivity contribution in [1.82, 2.24) is 9.80 Å². The van der Waals surface area contributed by atoms with E-state index in [0.29, 0.717) is 26.2 Å². The van der Waals surface area contributed by atoms with E-state index in [0.717, 1.165) is 16.6 Å². The molecule has 0 aliphatic heterocycles. The van der Waals surface area contributed by atoms with Crippen LogP contribution in [-0.4, -0.2) is 42.4 Å². The molecule has 0 bridgehead atoms. The molecule has 4 nitrogen and oxygen atoms in total. The number of likely N-dealkylation sites (N-methyl/N-ethyl adjacent to an activating group) is 1. The smallest absolute Gasteiger partial charge is 0.236 e. The van der Waals surface area contributed by atoms with E-state index in [1.54, 1.807) is 4.90 Å². The van der Waals surface area contributed by atoms with Crippen molar-refractivity contribution in [2.24, 2.45) is 5.73 Å². The number of halogens is 1. The SMILES string of the molecule is CN(Cc1ccccc1Br)C(=O)CN(CCN)Cc1ccccc1. The molecule has 5 heteroatoms. The molecular formula is C19H24BrN3O. The normalized spacial score (nSPS) is 10.8. The molecule has 0 saturated carbocycles. The highest BCUT2D eigenvalue weighted by molar-refractivity contribution is 9.10. The average molecular weight is 390 g/mol. The number of carbonyl (C=O) groups is 1. The van der Waals surface area contributed by atoms with Gasteiger partial charge in [-0.05, 0) is 17.2 Å². The Labute approximate surface area is 152 Å². The molecule has 0 radical (unpaired) electrons. The number of nitrogens with zero attached hydrogens (tertiary/aromatic N) is 2. The second kappa shape index (κ2) is 9.57. The van der Waals surface area contributed by atoms with E-state index >= 15 is 0 Å². The van der Waals surface area contributed by atoms with Crippen LogP contribution in [0.25, 0.3) is 0 Å². The van der Waals surface area contributed by atoms with Gasteiger partial charge in [-0.25, -0.2) is 0 Å². The lowest BCUT2D eigenvalue weighted by molar-refractivity contribution is -0.131. The second-order valence-electron chi connectivity index (χ2n) is 5.83. The highest BCUT2D eigenvalue weighted by Crippen LogP contribution is 2.17. The number of carbonyl (C=O) groups excluding carboxylic acids is 1. The number of nitrogens with two attached hydrogens (primary N) is 1. The minimum Gasteiger partial charge on any atom is -0.340 e. The second-order valence-corrected chi connectivity index (χ2v) is 6.68. The van der Waals surface area contributed by atoms with Gasteiger partial charge >= 0.3 is 0 Å². The fourth-order valence-corrected chi connectivity index (χ4v) is 2.93. The molecule has 0 heterocycles. The number of rotatable bonds is 8. The van der Waals surface area contributed by atoms with Gasteiger partial charge in [-0.1, -0.05) is 64.5 Å². The standard InChI is InChI=1S/C19H24BrN3O/c1-22(14-17-9-5-6-10-18(17)20)19(24)15-23(12-11-21)13-16-7-3-2-4-8-16/h2-10H,11-15,21H2,1H3. The highest BCUT2D eigenvalue weighted by atomic mass is 79.9. The molecule has 0 fully saturated rings. The Bertz CT molecular complexity index is 648. The minimum atomic E-state index is 0.0927. The first-order chi connectivity index (χ1) is 11.6.